The lowest BCUT2D eigenvalue weighted by atomic mass is 9.98. The fourth-order valence-electron chi connectivity index (χ4n) is 2.77. The van der Waals surface area contributed by atoms with E-state index in [0.29, 0.717) is 0 Å². The van der Waals surface area contributed by atoms with E-state index < -0.39 is 0 Å². The number of hydrogen-bond acceptors (Lipinski definition) is 4. The molecule has 4 heteroatoms. The summed E-state index contributed by atoms with van der Waals surface area (Å²) in [6.07, 6.45) is 4.04. The molecule has 0 aromatic heterocycles. The van der Waals surface area contributed by atoms with Crippen molar-refractivity contribution in [2.45, 2.75) is 44.2 Å². The second-order valence-corrected chi connectivity index (χ2v) is 5.52. The van der Waals surface area contributed by atoms with E-state index in [-0.39, 0.29) is 18.2 Å². The van der Waals surface area contributed by atoms with Crippen molar-refractivity contribution >= 4 is 0 Å². The number of nitrogens with one attached hydrogen (secondary N) is 1. The summed E-state index contributed by atoms with van der Waals surface area (Å²) >= 11 is 0. The highest BCUT2D eigenvalue weighted by Crippen LogP contribution is 2.33. The van der Waals surface area contributed by atoms with Gasteiger partial charge in [0.1, 0.15) is 17.6 Å². The second-order valence-electron chi connectivity index (χ2n) is 5.52. The van der Waals surface area contributed by atoms with Crippen molar-refractivity contribution in [3.8, 4) is 11.5 Å². The molecule has 2 atom stereocenters. The lowest BCUT2D eigenvalue weighted by molar-refractivity contribution is 0.140. The molecule has 1 aromatic rings. The molecule has 1 fully saturated rings. The first-order valence-electron chi connectivity index (χ1n) is 7.38. The van der Waals surface area contributed by atoms with Crippen LogP contribution in [0.15, 0.2) is 24.3 Å². The minimum atomic E-state index is -0.160. The number of aliphatic hydroxyl groups excluding tert-OH is 1. The molecule has 0 amide bonds. The van der Waals surface area contributed by atoms with Gasteiger partial charge in [0.05, 0.1) is 13.7 Å². The number of rotatable bonds is 7. The van der Waals surface area contributed by atoms with Crippen molar-refractivity contribution in [1.82, 2.24) is 5.32 Å². The van der Waals surface area contributed by atoms with E-state index in [0.717, 1.165) is 43.7 Å². The molecule has 20 heavy (non-hydrogen) atoms. The quantitative estimate of drug-likeness (QED) is 0.804. The SMILES string of the molecule is CCCNC1(CO)CCC(Oc2ccc(OC)cc2)C1. The Kier molecular flexibility index (Phi) is 5.26. The van der Waals surface area contributed by atoms with Gasteiger partial charge in [-0.2, -0.15) is 0 Å². The van der Waals surface area contributed by atoms with Crippen molar-refractivity contribution < 1.29 is 14.6 Å². The van der Waals surface area contributed by atoms with E-state index in [9.17, 15) is 5.11 Å². The van der Waals surface area contributed by atoms with Crippen LogP contribution in [0.25, 0.3) is 0 Å². The summed E-state index contributed by atoms with van der Waals surface area (Å²) < 4.78 is 11.1. The Morgan fingerprint density at radius 1 is 1.30 bits per heavy atom. The summed E-state index contributed by atoms with van der Waals surface area (Å²) in [6.45, 7) is 3.25. The Labute approximate surface area is 121 Å². The third kappa shape index (κ3) is 3.64. The molecule has 2 N–H and O–H groups in total. The minimum Gasteiger partial charge on any atom is -0.497 e. The molecule has 0 spiro atoms. The zero-order valence-corrected chi connectivity index (χ0v) is 12.4. The number of aliphatic hydroxyl groups is 1. The van der Waals surface area contributed by atoms with E-state index in [1.54, 1.807) is 7.11 Å². The normalized spacial score (nSPS) is 25.6. The highest BCUT2D eigenvalue weighted by molar-refractivity contribution is 5.31. The van der Waals surface area contributed by atoms with E-state index in [2.05, 4.69) is 12.2 Å². The molecule has 1 aliphatic rings. The maximum Gasteiger partial charge on any atom is 0.119 e. The van der Waals surface area contributed by atoms with Gasteiger partial charge in [-0.3, -0.25) is 0 Å². The summed E-state index contributed by atoms with van der Waals surface area (Å²) in [5.74, 6) is 1.69. The van der Waals surface area contributed by atoms with Crippen LogP contribution in [-0.2, 0) is 0 Å². The fraction of sp³-hybridized carbons (Fsp3) is 0.625. The van der Waals surface area contributed by atoms with Crippen LogP contribution in [0.4, 0.5) is 0 Å². The molecule has 2 unspecified atom stereocenters. The van der Waals surface area contributed by atoms with Crippen LogP contribution < -0.4 is 14.8 Å². The summed E-state index contributed by atoms with van der Waals surface area (Å²) in [4.78, 5) is 0. The first-order valence-corrected chi connectivity index (χ1v) is 7.38. The lowest BCUT2D eigenvalue weighted by Crippen LogP contribution is -2.47. The van der Waals surface area contributed by atoms with Crippen LogP contribution in [0, 0.1) is 0 Å². The smallest absolute Gasteiger partial charge is 0.119 e. The predicted molar refractivity (Wildman–Crippen MR) is 79.4 cm³/mol. The van der Waals surface area contributed by atoms with Crippen LogP contribution in [0.5, 0.6) is 11.5 Å². The van der Waals surface area contributed by atoms with Gasteiger partial charge < -0.3 is 19.9 Å². The fourth-order valence-corrected chi connectivity index (χ4v) is 2.77. The van der Waals surface area contributed by atoms with E-state index in [4.69, 9.17) is 9.47 Å². The third-order valence-electron chi connectivity index (χ3n) is 3.98. The molecule has 4 nitrogen and oxygen atoms in total. The Morgan fingerprint density at radius 2 is 2.00 bits per heavy atom. The maximum atomic E-state index is 9.66. The number of hydrogen-bond donors (Lipinski definition) is 2. The van der Waals surface area contributed by atoms with Gasteiger partial charge in [-0.05, 0) is 50.1 Å². The zero-order valence-electron chi connectivity index (χ0n) is 12.4. The summed E-state index contributed by atoms with van der Waals surface area (Å²) in [6, 6.07) is 7.66. The first-order chi connectivity index (χ1) is 9.71. The molecule has 1 saturated carbocycles. The van der Waals surface area contributed by atoms with Crippen LogP contribution in [0.3, 0.4) is 0 Å². The molecule has 0 aliphatic heterocycles. The van der Waals surface area contributed by atoms with Gasteiger partial charge in [0.2, 0.25) is 0 Å². The molecular weight excluding hydrogens is 254 g/mol. The van der Waals surface area contributed by atoms with Crippen molar-refractivity contribution in [3.63, 3.8) is 0 Å². The lowest BCUT2D eigenvalue weighted by Gasteiger charge is -2.28. The third-order valence-corrected chi connectivity index (χ3v) is 3.98. The Hall–Kier alpha value is -1.26. The summed E-state index contributed by atoms with van der Waals surface area (Å²) in [5, 5.41) is 13.1. The predicted octanol–water partition coefficient (Wildman–Crippen LogP) is 2.36. The molecule has 0 radical (unpaired) electrons. The highest BCUT2D eigenvalue weighted by atomic mass is 16.5. The average Bonchev–Trinajstić information content (AvgIpc) is 2.90. The van der Waals surface area contributed by atoms with Crippen LogP contribution in [0.1, 0.15) is 32.6 Å². The highest BCUT2D eigenvalue weighted by Gasteiger charge is 2.39. The summed E-state index contributed by atoms with van der Waals surface area (Å²) in [5.41, 5.74) is -0.160. The average molecular weight is 279 g/mol. The Morgan fingerprint density at radius 3 is 2.60 bits per heavy atom. The Bertz CT molecular complexity index is 407. The first kappa shape index (κ1) is 15.1. The summed E-state index contributed by atoms with van der Waals surface area (Å²) in [7, 11) is 1.65. The maximum absolute atomic E-state index is 9.66. The van der Waals surface area contributed by atoms with Crippen molar-refractivity contribution in [1.29, 1.82) is 0 Å². The van der Waals surface area contributed by atoms with Crippen molar-refractivity contribution in [2.75, 3.05) is 20.3 Å². The molecule has 112 valence electrons. The molecule has 0 bridgehead atoms. The van der Waals surface area contributed by atoms with Gasteiger partial charge in [0.15, 0.2) is 0 Å². The Balaban J connectivity index is 1.91. The van der Waals surface area contributed by atoms with Crippen molar-refractivity contribution in [3.05, 3.63) is 24.3 Å². The van der Waals surface area contributed by atoms with Gasteiger partial charge in [0, 0.05) is 12.0 Å². The molecule has 0 saturated heterocycles. The van der Waals surface area contributed by atoms with Gasteiger partial charge >= 0.3 is 0 Å². The van der Waals surface area contributed by atoms with Crippen LogP contribution in [0.2, 0.25) is 0 Å². The molecule has 1 aromatic carbocycles. The minimum absolute atomic E-state index is 0.160. The van der Waals surface area contributed by atoms with Gasteiger partial charge in [-0.15, -0.1) is 0 Å². The molecule has 0 heterocycles. The number of ether oxygens (including phenoxy) is 2. The van der Waals surface area contributed by atoms with E-state index >= 15 is 0 Å². The molecule has 2 rings (SSSR count). The van der Waals surface area contributed by atoms with Gasteiger partial charge in [0.25, 0.3) is 0 Å². The topological polar surface area (TPSA) is 50.7 Å². The van der Waals surface area contributed by atoms with Crippen LogP contribution >= 0.6 is 0 Å². The van der Waals surface area contributed by atoms with Crippen molar-refractivity contribution in [2.24, 2.45) is 0 Å². The van der Waals surface area contributed by atoms with Crippen LogP contribution in [-0.4, -0.2) is 37.0 Å². The van der Waals surface area contributed by atoms with Gasteiger partial charge in [-0.1, -0.05) is 6.92 Å². The number of benzene rings is 1. The molecule has 1 aliphatic carbocycles. The standard InChI is InChI=1S/C16H25NO3/c1-3-10-17-16(12-18)9-8-15(11-16)20-14-6-4-13(19-2)5-7-14/h4-7,15,17-18H,3,8-12H2,1-2H3. The largest absolute Gasteiger partial charge is 0.497 e. The van der Waals surface area contributed by atoms with E-state index in [1.807, 2.05) is 24.3 Å². The number of methoxy groups -OCH3 is 1. The monoisotopic (exact) mass is 279 g/mol. The second kappa shape index (κ2) is 6.95. The molecular formula is C16H25NO3. The van der Waals surface area contributed by atoms with E-state index in [1.165, 1.54) is 0 Å². The zero-order chi connectivity index (χ0) is 14.4. The van der Waals surface area contributed by atoms with Gasteiger partial charge in [-0.25, -0.2) is 0 Å².